The van der Waals surface area contributed by atoms with E-state index in [2.05, 4.69) is 5.32 Å². The fraction of sp³-hybridized carbons (Fsp3) is 0.462. The van der Waals surface area contributed by atoms with Crippen molar-refractivity contribution in [1.82, 2.24) is 0 Å². The van der Waals surface area contributed by atoms with Crippen LogP contribution in [-0.4, -0.2) is 31.7 Å². The number of amides is 1. The van der Waals surface area contributed by atoms with Crippen molar-refractivity contribution < 1.29 is 13.2 Å². The molecule has 0 radical (unpaired) electrons. The van der Waals surface area contributed by atoms with Gasteiger partial charge >= 0.3 is 0 Å². The van der Waals surface area contributed by atoms with E-state index in [0.717, 1.165) is 24.7 Å². The first kappa shape index (κ1) is 16.0. The van der Waals surface area contributed by atoms with Crippen LogP contribution in [0.5, 0.6) is 0 Å². The zero-order chi connectivity index (χ0) is 14.5. The number of hydrogen-bond donors (Lipinski definition) is 1. The molecule has 0 saturated heterocycles. The van der Waals surface area contributed by atoms with Gasteiger partial charge in [-0.1, -0.05) is 12.1 Å². The number of alkyl halides is 1. The van der Waals surface area contributed by atoms with Crippen LogP contribution in [0.4, 0.5) is 5.69 Å². The molecule has 1 atom stereocenters. The normalized spacial score (nSPS) is 13.0. The van der Waals surface area contributed by atoms with Crippen LogP contribution in [0.3, 0.4) is 0 Å². The van der Waals surface area contributed by atoms with Crippen molar-refractivity contribution in [3.63, 3.8) is 0 Å². The van der Waals surface area contributed by atoms with Gasteiger partial charge in [0.15, 0.2) is 9.84 Å². The number of anilines is 1. The number of rotatable bonds is 6. The molecule has 4 nitrogen and oxygen atoms in total. The zero-order valence-electron chi connectivity index (χ0n) is 11.0. The van der Waals surface area contributed by atoms with Crippen LogP contribution in [0, 0.1) is 0 Å². The molecule has 0 aliphatic carbocycles. The molecule has 6 heteroatoms. The van der Waals surface area contributed by atoms with Gasteiger partial charge in [0.25, 0.3) is 0 Å². The first-order valence-electron chi connectivity index (χ1n) is 5.99. The van der Waals surface area contributed by atoms with Gasteiger partial charge in [-0.15, -0.1) is 11.6 Å². The van der Waals surface area contributed by atoms with E-state index in [9.17, 15) is 13.2 Å². The number of carbonyl (C=O) groups excluding carboxylic acids is 1. The van der Waals surface area contributed by atoms with E-state index in [4.69, 9.17) is 11.6 Å². The zero-order valence-corrected chi connectivity index (χ0v) is 12.6. The van der Waals surface area contributed by atoms with Crippen LogP contribution in [0.25, 0.3) is 0 Å². The monoisotopic (exact) mass is 303 g/mol. The number of sulfone groups is 1. The Hall–Kier alpha value is -1.07. The molecular formula is C13H18ClNO3S. The molecule has 1 rings (SSSR count). The summed E-state index contributed by atoms with van der Waals surface area (Å²) in [7, 11) is -3.38. The Morgan fingerprint density at radius 3 is 2.68 bits per heavy atom. The Morgan fingerprint density at radius 2 is 2.11 bits per heavy atom. The van der Waals surface area contributed by atoms with Gasteiger partial charge in [0, 0.05) is 17.8 Å². The van der Waals surface area contributed by atoms with Gasteiger partial charge in [-0.25, -0.2) is 8.42 Å². The van der Waals surface area contributed by atoms with E-state index in [1.807, 2.05) is 18.2 Å². The molecule has 0 aromatic heterocycles. The number of benzene rings is 1. The topological polar surface area (TPSA) is 63.2 Å². The van der Waals surface area contributed by atoms with Crippen molar-refractivity contribution in [2.75, 3.05) is 17.5 Å². The quantitative estimate of drug-likeness (QED) is 0.820. The number of carbonyl (C=O) groups is 1. The van der Waals surface area contributed by atoms with Crippen molar-refractivity contribution in [1.29, 1.82) is 0 Å². The van der Waals surface area contributed by atoms with E-state index in [1.54, 1.807) is 6.07 Å². The van der Waals surface area contributed by atoms with Gasteiger partial charge in [-0.2, -0.15) is 0 Å². The van der Waals surface area contributed by atoms with Gasteiger partial charge < -0.3 is 5.32 Å². The predicted molar refractivity (Wildman–Crippen MR) is 78.4 cm³/mol. The number of nitrogens with one attached hydrogen (secondary N) is 1. The lowest BCUT2D eigenvalue weighted by Crippen LogP contribution is -2.31. The summed E-state index contributed by atoms with van der Waals surface area (Å²) in [6.45, 7) is 1.38. The van der Waals surface area contributed by atoms with Crippen LogP contribution in [-0.2, 0) is 21.1 Å². The lowest BCUT2D eigenvalue weighted by Gasteiger charge is -2.11. The maximum atomic E-state index is 11.8. The maximum Gasteiger partial charge on any atom is 0.242 e. The highest BCUT2D eigenvalue weighted by Crippen LogP contribution is 2.13. The van der Waals surface area contributed by atoms with Crippen molar-refractivity contribution in [3.05, 3.63) is 29.8 Å². The van der Waals surface area contributed by atoms with E-state index < -0.39 is 21.0 Å². The first-order valence-corrected chi connectivity index (χ1v) is 8.48. The number of aryl methyl sites for hydroxylation is 1. The SMILES string of the molecule is CC(C(=O)Nc1cccc(CCCCl)c1)S(C)(=O)=O. The highest BCUT2D eigenvalue weighted by atomic mass is 35.5. The van der Waals surface area contributed by atoms with E-state index >= 15 is 0 Å². The summed E-state index contributed by atoms with van der Waals surface area (Å²) in [6, 6.07) is 7.34. The van der Waals surface area contributed by atoms with Gasteiger partial charge in [0.05, 0.1) is 0 Å². The Kier molecular flexibility index (Phi) is 5.82. The first-order chi connectivity index (χ1) is 8.84. The van der Waals surface area contributed by atoms with E-state index in [-0.39, 0.29) is 0 Å². The summed E-state index contributed by atoms with van der Waals surface area (Å²) in [5, 5.41) is 1.56. The van der Waals surface area contributed by atoms with Crippen LogP contribution in [0.2, 0.25) is 0 Å². The lowest BCUT2D eigenvalue weighted by molar-refractivity contribution is -0.115. The lowest BCUT2D eigenvalue weighted by atomic mass is 10.1. The standard InChI is InChI=1S/C13H18ClNO3S/c1-10(19(2,17)18)13(16)15-12-7-3-5-11(9-12)6-4-8-14/h3,5,7,9-10H,4,6,8H2,1-2H3,(H,15,16). The van der Waals surface area contributed by atoms with E-state index in [1.165, 1.54) is 6.92 Å². The fourth-order valence-corrected chi connectivity index (χ4v) is 2.10. The van der Waals surface area contributed by atoms with Crippen LogP contribution >= 0.6 is 11.6 Å². The fourth-order valence-electron chi connectivity index (χ4n) is 1.51. The smallest absolute Gasteiger partial charge is 0.242 e. The molecule has 0 aliphatic rings. The molecule has 0 spiro atoms. The summed E-state index contributed by atoms with van der Waals surface area (Å²) >= 11 is 5.63. The average molecular weight is 304 g/mol. The molecule has 0 bridgehead atoms. The summed E-state index contributed by atoms with van der Waals surface area (Å²) in [6.07, 6.45) is 2.74. The van der Waals surface area contributed by atoms with Gasteiger partial charge in [0.1, 0.15) is 5.25 Å². The molecule has 0 fully saturated rings. The van der Waals surface area contributed by atoms with Crippen LogP contribution < -0.4 is 5.32 Å². The van der Waals surface area contributed by atoms with Crippen molar-refractivity contribution >= 4 is 33.0 Å². The second kappa shape index (κ2) is 6.91. The Balaban J connectivity index is 2.74. The van der Waals surface area contributed by atoms with Crippen LogP contribution in [0.15, 0.2) is 24.3 Å². The minimum atomic E-state index is -3.38. The maximum absolute atomic E-state index is 11.8. The van der Waals surface area contributed by atoms with Crippen molar-refractivity contribution in [3.8, 4) is 0 Å². The summed E-state index contributed by atoms with van der Waals surface area (Å²) < 4.78 is 22.6. The third-order valence-corrected chi connectivity index (χ3v) is 4.57. The molecule has 1 unspecified atom stereocenters. The Labute approximate surface area is 119 Å². The van der Waals surface area contributed by atoms with Crippen molar-refractivity contribution in [2.45, 2.75) is 25.0 Å². The van der Waals surface area contributed by atoms with E-state index in [0.29, 0.717) is 11.6 Å². The molecule has 0 saturated carbocycles. The van der Waals surface area contributed by atoms with Gasteiger partial charge in [-0.05, 0) is 37.5 Å². The molecule has 1 N–H and O–H groups in total. The molecule has 0 aliphatic heterocycles. The average Bonchev–Trinajstić information content (AvgIpc) is 2.34. The molecule has 1 amide bonds. The van der Waals surface area contributed by atoms with Gasteiger partial charge in [-0.3, -0.25) is 4.79 Å². The number of hydrogen-bond acceptors (Lipinski definition) is 3. The molecular weight excluding hydrogens is 286 g/mol. The minimum absolute atomic E-state index is 0.517. The molecule has 106 valence electrons. The third-order valence-electron chi connectivity index (χ3n) is 2.81. The van der Waals surface area contributed by atoms with Crippen molar-refractivity contribution in [2.24, 2.45) is 0 Å². The highest BCUT2D eigenvalue weighted by molar-refractivity contribution is 7.92. The Bertz CT molecular complexity index is 543. The molecule has 19 heavy (non-hydrogen) atoms. The second-order valence-electron chi connectivity index (χ2n) is 4.45. The predicted octanol–water partition coefficient (Wildman–Crippen LogP) is 2.23. The summed E-state index contributed by atoms with van der Waals surface area (Å²) in [5.74, 6) is 0.0683. The van der Waals surface area contributed by atoms with Gasteiger partial charge in [0.2, 0.25) is 5.91 Å². The largest absolute Gasteiger partial charge is 0.325 e. The summed E-state index contributed by atoms with van der Waals surface area (Å²) in [5.41, 5.74) is 1.66. The minimum Gasteiger partial charge on any atom is -0.325 e. The highest BCUT2D eigenvalue weighted by Gasteiger charge is 2.23. The Morgan fingerprint density at radius 1 is 1.42 bits per heavy atom. The third kappa shape index (κ3) is 5.20. The molecule has 1 aromatic rings. The number of halogens is 1. The summed E-state index contributed by atoms with van der Waals surface area (Å²) in [4.78, 5) is 11.8. The molecule has 1 aromatic carbocycles. The molecule has 0 heterocycles. The van der Waals surface area contributed by atoms with Crippen LogP contribution in [0.1, 0.15) is 18.9 Å². The second-order valence-corrected chi connectivity index (χ2v) is 7.20.